The monoisotopic (exact) mass is 423 g/mol. The van der Waals surface area contributed by atoms with E-state index in [0.29, 0.717) is 22.6 Å². The van der Waals surface area contributed by atoms with Gasteiger partial charge in [0.1, 0.15) is 22.2 Å². The molecule has 1 amide bonds. The maximum Gasteiger partial charge on any atom is 0.235 e. The first-order valence-electron chi connectivity index (χ1n) is 9.37. The number of aliphatic hydroxyl groups is 2. The first-order chi connectivity index (χ1) is 14.4. The number of anilines is 1. The summed E-state index contributed by atoms with van der Waals surface area (Å²) in [7, 11) is 0. The summed E-state index contributed by atoms with van der Waals surface area (Å²) < 4.78 is 0. The molecule has 0 saturated carbocycles. The summed E-state index contributed by atoms with van der Waals surface area (Å²) in [5, 5.41) is 29.2. The lowest BCUT2D eigenvalue weighted by atomic mass is 10.1. The van der Waals surface area contributed by atoms with Crippen molar-refractivity contribution in [3.05, 3.63) is 58.4 Å². The molecule has 3 rings (SSSR count). The first-order valence-corrected chi connectivity index (χ1v) is 10.3. The lowest BCUT2D eigenvalue weighted by molar-refractivity contribution is -0.117. The molecule has 0 radical (unpaired) electrons. The van der Waals surface area contributed by atoms with E-state index < -0.39 is 23.4 Å². The molecule has 1 saturated heterocycles. The van der Waals surface area contributed by atoms with Gasteiger partial charge >= 0.3 is 0 Å². The maximum atomic E-state index is 12.2. The molecule has 1 fully saturated rings. The van der Waals surface area contributed by atoms with Crippen molar-refractivity contribution < 1.29 is 15.0 Å². The molecule has 0 bridgehead atoms. The summed E-state index contributed by atoms with van der Waals surface area (Å²) >= 11 is 1.06. The number of β-amino-alcohol motifs (C(OH)–C–C–N with tert-alkyl or cyclic N) is 2. The van der Waals surface area contributed by atoms with Gasteiger partial charge in [0.05, 0.1) is 24.3 Å². The van der Waals surface area contributed by atoms with Crippen LogP contribution in [0.3, 0.4) is 0 Å². The minimum atomic E-state index is -0.954. The van der Waals surface area contributed by atoms with E-state index in [1.54, 1.807) is 29.2 Å². The molecule has 1 aromatic carbocycles. The molecule has 1 unspecified atom stereocenters. The van der Waals surface area contributed by atoms with Crippen LogP contribution in [-0.2, 0) is 11.2 Å². The number of aromatic nitrogens is 1. The van der Waals surface area contributed by atoms with Crippen LogP contribution in [0.25, 0.3) is 4.85 Å². The summed E-state index contributed by atoms with van der Waals surface area (Å²) in [6, 6.07) is 11.1. The zero-order valence-corrected chi connectivity index (χ0v) is 17.1. The van der Waals surface area contributed by atoms with E-state index in [1.165, 1.54) is 0 Å². The third-order valence-corrected chi connectivity index (χ3v) is 6.21. The fourth-order valence-corrected chi connectivity index (χ4v) is 4.50. The van der Waals surface area contributed by atoms with Crippen LogP contribution in [0.2, 0.25) is 0 Å². The molecular weight excluding hydrogens is 402 g/mol. The number of hydrogen-bond acceptors (Lipinski definition) is 7. The Morgan fingerprint density at radius 2 is 2.03 bits per heavy atom. The quantitative estimate of drug-likeness (QED) is 0.478. The van der Waals surface area contributed by atoms with Gasteiger partial charge < -0.3 is 20.8 Å². The van der Waals surface area contributed by atoms with Crippen molar-refractivity contribution >= 4 is 29.2 Å². The summed E-state index contributed by atoms with van der Waals surface area (Å²) in [5.74, 6) is -0.284. The molecule has 9 heteroatoms. The van der Waals surface area contributed by atoms with Crippen LogP contribution in [0.1, 0.15) is 28.9 Å². The highest BCUT2D eigenvalue weighted by molar-refractivity contribution is 8.00. The van der Waals surface area contributed by atoms with Gasteiger partial charge in [-0.05, 0) is 17.5 Å². The van der Waals surface area contributed by atoms with Crippen molar-refractivity contribution in [2.45, 2.75) is 35.8 Å². The van der Waals surface area contributed by atoms with Crippen molar-refractivity contribution in [1.29, 1.82) is 5.26 Å². The Balaban J connectivity index is 2.14. The molecule has 8 nitrogen and oxygen atoms in total. The number of hydrogen-bond donors (Lipinski definition) is 3. The Kier molecular flexibility index (Phi) is 6.58. The molecule has 3 atom stereocenters. The Morgan fingerprint density at radius 1 is 1.40 bits per heavy atom. The van der Waals surface area contributed by atoms with Gasteiger partial charge in [-0.3, -0.25) is 4.79 Å². The first kappa shape index (κ1) is 21.6. The molecule has 1 aliphatic rings. The zero-order valence-electron chi connectivity index (χ0n) is 16.3. The fraction of sp³-hybridized carbons (Fsp3) is 0.333. The van der Waals surface area contributed by atoms with Crippen LogP contribution in [-0.4, -0.2) is 46.4 Å². The van der Waals surface area contributed by atoms with E-state index in [2.05, 4.69) is 15.9 Å². The molecular formula is C21H21N5O3S. The van der Waals surface area contributed by atoms with Gasteiger partial charge in [0, 0.05) is 13.1 Å². The Labute approximate surface area is 178 Å². The number of amides is 1. The predicted molar refractivity (Wildman–Crippen MR) is 113 cm³/mol. The van der Waals surface area contributed by atoms with Gasteiger partial charge in [-0.2, -0.15) is 5.26 Å². The second kappa shape index (κ2) is 9.14. The van der Waals surface area contributed by atoms with Crippen molar-refractivity contribution in [2.24, 2.45) is 5.73 Å². The van der Waals surface area contributed by atoms with Crippen LogP contribution < -0.4 is 10.6 Å². The van der Waals surface area contributed by atoms with Crippen LogP contribution in [0, 0.1) is 17.9 Å². The van der Waals surface area contributed by atoms with Crippen LogP contribution in [0.4, 0.5) is 11.5 Å². The highest BCUT2D eigenvalue weighted by atomic mass is 32.2. The molecule has 0 spiro atoms. The summed E-state index contributed by atoms with van der Waals surface area (Å²) in [5.41, 5.74) is 7.29. The highest BCUT2D eigenvalue weighted by Gasteiger charge is 2.34. The Morgan fingerprint density at radius 3 is 2.53 bits per heavy atom. The van der Waals surface area contributed by atoms with Gasteiger partial charge in [-0.1, -0.05) is 49.0 Å². The van der Waals surface area contributed by atoms with Crippen LogP contribution >= 0.6 is 11.8 Å². The molecule has 2 aromatic rings. The van der Waals surface area contributed by atoms with E-state index in [4.69, 9.17) is 12.3 Å². The van der Waals surface area contributed by atoms with E-state index in [9.17, 15) is 20.3 Å². The van der Waals surface area contributed by atoms with Crippen LogP contribution in [0.15, 0.2) is 35.4 Å². The number of benzene rings is 1. The number of rotatable bonds is 6. The second-order valence-electron chi connectivity index (χ2n) is 6.87. The number of carbonyl (C=O) groups is 1. The normalized spacial score (nSPS) is 19.2. The minimum Gasteiger partial charge on any atom is -0.389 e. The van der Waals surface area contributed by atoms with E-state index >= 15 is 0 Å². The number of nitrogens with two attached hydrogens (primary N) is 1. The summed E-state index contributed by atoms with van der Waals surface area (Å²) in [4.78, 5) is 21.9. The van der Waals surface area contributed by atoms with Gasteiger partial charge in [-0.25, -0.2) is 9.83 Å². The van der Waals surface area contributed by atoms with E-state index in [-0.39, 0.29) is 30.2 Å². The van der Waals surface area contributed by atoms with Crippen molar-refractivity contribution in [1.82, 2.24) is 4.98 Å². The average Bonchev–Trinajstić information content (AvgIpc) is 3.09. The van der Waals surface area contributed by atoms with Gasteiger partial charge in [-0.15, -0.1) is 0 Å². The molecule has 1 aromatic heterocycles. The number of thioether (sulfide) groups is 1. The maximum absolute atomic E-state index is 12.2. The lowest BCUT2D eigenvalue weighted by Crippen LogP contribution is -2.23. The highest BCUT2D eigenvalue weighted by Crippen LogP contribution is 2.43. The fourth-order valence-electron chi connectivity index (χ4n) is 3.44. The minimum absolute atomic E-state index is 0.119. The predicted octanol–water partition coefficient (Wildman–Crippen LogP) is 1.93. The molecule has 154 valence electrons. The number of carbonyl (C=O) groups excluding carboxylic acids is 1. The number of aliphatic hydroxyl groups excluding tert-OH is 2. The summed E-state index contributed by atoms with van der Waals surface area (Å²) in [6.07, 6.45) is -1.50. The Bertz CT molecular complexity index is 1020. The number of nitrogens with zero attached hydrogens (tertiary/aromatic N) is 4. The third-order valence-electron chi connectivity index (χ3n) is 4.95. The topological polar surface area (TPSA) is 128 Å². The van der Waals surface area contributed by atoms with Gasteiger partial charge in [0.2, 0.25) is 11.6 Å². The van der Waals surface area contributed by atoms with Crippen LogP contribution in [0.5, 0.6) is 0 Å². The number of primary amides is 1. The van der Waals surface area contributed by atoms with E-state index in [0.717, 1.165) is 11.8 Å². The van der Waals surface area contributed by atoms with Crippen molar-refractivity contribution in [2.75, 3.05) is 18.0 Å². The lowest BCUT2D eigenvalue weighted by Gasteiger charge is -2.23. The van der Waals surface area contributed by atoms with Crippen molar-refractivity contribution in [3.63, 3.8) is 0 Å². The molecule has 30 heavy (non-hydrogen) atoms. The smallest absolute Gasteiger partial charge is 0.235 e. The second-order valence-corrected chi connectivity index (χ2v) is 7.96. The standard InChI is InChI=1S/C21H21N5O3S/c1-3-13-14(9-22)21(30-18(19(23)29)12-7-5-4-6-8-12)25-20(17(13)24-2)26-10-15(27)16(28)11-26/h4-8,15-16,18,27-28H,3,10-11H2,1H3,(H2,23,29)/t15-,16+,18?. The summed E-state index contributed by atoms with van der Waals surface area (Å²) in [6.45, 7) is 9.69. The molecule has 0 aliphatic carbocycles. The average molecular weight is 423 g/mol. The van der Waals surface area contributed by atoms with Crippen molar-refractivity contribution in [3.8, 4) is 6.07 Å². The Hall–Kier alpha value is -3.11. The largest absolute Gasteiger partial charge is 0.389 e. The van der Waals surface area contributed by atoms with Gasteiger partial charge in [0.15, 0.2) is 0 Å². The SMILES string of the molecule is [C-]#[N+]c1c(N2C[C@@H](O)[C@@H](O)C2)nc(SC(C(N)=O)c2ccccc2)c(C#N)c1CC. The number of nitriles is 1. The van der Waals surface area contributed by atoms with E-state index in [1.807, 2.05) is 13.0 Å². The molecule has 1 aliphatic heterocycles. The number of pyridine rings is 1. The molecule has 4 N–H and O–H groups in total. The van der Waals surface area contributed by atoms with Gasteiger partial charge in [0.25, 0.3) is 0 Å². The third kappa shape index (κ3) is 4.10. The molecule has 2 heterocycles. The zero-order chi connectivity index (χ0) is 21.8.